The number of fused-ring (bicyclic) bond motifs is 1. The fourth-order valence-corrected chi connectivity index (χ4v) is 2.19. The Bertz CT molecular complexity index is 345. The van der Waals surface area contributed by atoms with E-state index in [1.807, 2.05) is 0 Å². The van der Waals surface area contributed by atoms with Gasteiger partial charge in [0.1, 0.15) is 0 Å². The van der Waals surface area contributed by atoms with Gasteiger partial charge in [-0.1, -0.05) is 43.2 Å². The van der Waals surface area contributed by atoms with Crippen LogP contribution in [0.1, 0.15) is 37.8 Å². The van der Waals surface area contributed by atoms with Gasteiger partial charge in [0, 0.05) is 0 Å². The van der Waals surface area contributed by atoms with Gasteiger partial charge in [-0.2, -0.15) is 0 Å². The maximum Gasteiger partial charge on any atom is -0.00578 e. The monoisotopic (exact) mass is 172 g/mol. The summed E-state index contributed by atoms with van der Waals surface area (Å²) >= 11 is 0. The molecule has 13 heavy (non-hydrogen) atoms. The Hall–Kier alpha value is -1.04. The van der Waals surface area contributed by atoms with Gasteiger partial charge in [-0.25, -0.2) is 0 Å². The summed E-state index contributed by atoms with van der Waals surface area (Å²) in [5, 5.41) is 0. The first kappa shape index (κ1) is 8.55. The zero-order valence-electron chi connectivity index (χ0n) is 8.43. The average molecular weight is 172 g/mol. The highest BCUT2D eigenvalue weighted by Crippen LogP contribution is 2.34. The molecule has 1 aliphatic rings. The SMILES string of the molecule is CCCC1=C(C)Cc2ccccc21. The molecule has 0 unspecified atom stereocenters. The molecule has 0 bridgehead atoms. The van der Waals surface area contributed by atoms with Crippen molar-refractivity contribution in [1.82, 2.24) is 0 Å². The van der Waals surface area contributed by atoms with Crippen LogP contribution in [0.4, 0.5) is 0 Å². The van der Waals surface area contributed by atoms with E-state index in [9.17, 15) is 0 Å². The number of benzene rings is 1. The van der Waals surface area contributed by atoms with Gasteiger partial charge in [0.25, 0.3) is 0 Å². The molecular formula is C13H16. The molecule has 0 N–H and O–H groups in total. The average Bonchev–Trinajstić information content (AvgIpc) is 2.44. The van der Waals surface area contributed by atoms with Crippen LogP contribution >= 0.6 is 0 Å². The van der Waals surface area contributed by atoms with Crippen LogP contribution in [0.15, 0.2) is 29.8 Å². The van der Waals surface area contributed by atoms with Crippen molar-refractivity contribution in [3.05, 3.63) is 41.0 Å². The van der Waals surface area contributed by atoms with E-state index in [4.69, 9.17) is 0 Å². The molecule has 68 valence electrons. The van der Waals surface area contributed by atoms with Crippen molar-refractivity contribution in [3.63, 3.8) is 0 Å². The minimum atomic E-state index is 1.17. The molecule has 1 aromatic carbocycles. The minimum absolute atomic E-state index is 1.17. The molecule has 0 aromatic heterocycles. The molecule has 0 nitrogen and oxygen atoms in total. The highest BCUT2D eigenvalue weighted by Gasteiger charge is 2.16. The van der Waals surface area contributed by atoms with E-state index in [-0.39, 0.29) is 0 Å². The van der Waals surface area contributed by atoms with E-state index in [1.54, 1.807) is 11.1 Å². The standard InChI is InChI=1S/C13H16/c1-3-6-12-10(2)9-11-7-4-5-8-13(11)12/h4-5,7-8H,3,6,9H2,1-2H3. The van der Waals surface area contributed by atoms with Crippen LogP contribution in [0.5, 0.6) is 0 Å². The van der Waals surface area contributed by atoms with Crippen molar-refractivity contribution in [3.8, 4) is 0 Å². The lowest BCUT2D eigenvalue weighted by Crippen LogP contribution is -1.82. The minimum Gasteiger partial charge on any atom is -0.0651 e. The molecule has 0 fully saturated rings. The summed E-state index contributed by atoms with van der Waals surface area (Å²) in [5.74, 6) is 0. The van der Waals surface area contributed by atoms with Crippen molar-refractivity contribution in [2.24, 2.45) is 0 Å². The Morgan fingerprint density at radius 2 is 2.00 bits per heavy atom. The zero-order valence-corrected chi connectivity index (χ0v) is 8.43. The predicted octanol–water partition coefficient (Wildman–Crippen LogP) is 3.82. The highest BCUT2D eigenvalue weighted by molar-refractivity contribution is 5.75. The van der Waals surface area contributed by atoms with E-state index in [2.05, 4.69) is 38.1 Å². The summed E-state index contributed by atoms with van der Waals surface area (Å²) in [7, 11) is 0. The van der Waals surface area contributed by atoms with Gasteiger partial charge < -0.3 is 0 Å². The first-order chi connectivity index (χ1) is 6.33. The summed E-state index contributed by atoms with van der Waals surface area (Å²) in [5.41, 5.74) is 6.19. The van der Waals surface area contributed by atoms with Gasteiger partial charge in [0.15, 0.2) is 0 Å². The largest absolute Gasteiger partial charge is 0.0651 e. The summed E-state index contributed by atoms with van der Waals surface area (Å²) in [4.78, 5) is 0. The molecule has 0 aliphatic heterocycles. The van der Waals surface area contributed by atoms with Crippen molar-refractivity contribution in [1.29, 1.82) is 0 Å². The van der Waals surface area contributed by atoms with Crippen LogP contribution in [-0.4, -0.2) is 0 Å². The second-order valence-electron chi connectivity index (χ2n) is 3.84. The molecule has 2 rings (SSSR count). The summed E-state index contributed by atoms with van der Waals surface area (Å²) in [6.45, 7) is 4.52. The van der Waals surface area contributed by atoms with Crippen LogP contribution < -0.4 is 0 Å². The second-order valence-corrected chi connectivity index (χ2v) is 3.84. The third kappa shape index (κ3) is 1.41. The first-order valence-electron chi connectivity index (χ1n) is 5.10. The Labute approximate surface area is 80.3 Å². The molecule has 1 aliphatic carbocycles. The fraction of sp³-hybridized carbons (Fsp3) is 0.385. The van der Waals surface area contributed by atoms with Gasteiger partial charge in [-0.15, -0.1) is 0 Å². The smallest absolute Gasteiger partial charge is 0.00578 e. The zero-order chi connectivity index (χ0) is 9.26. The molecule has 0 atom stereocenters. The molecule has 0 radical (unpaired) electrons. The Morgan fingerprint density at radius 3 is 2.77 bits per heavy atom. The maximum atomic E-state index is 2.27. The lowest BCUT2D eigenvalue weighted by Gasteiger charge is -2.03. The molecule has 0 heteroatoms. The van der Waals surface area contributed by atoms with Gasteiger partial charge >= 0.3 is 0 Å². The van der Waals surface area contributed by atoms with E-state index in [1.165, 1.54) is 30.4 Å². The summed E-state index contributed by atoms with van der Waals surface area (Å²) < 4.78 is 0. The van der Waals surface area contributed by atoms with Crippen LogP contribution in [0.2, 0.25) is 0 Å². The Kier molecular flexibility index (Phi) is 2.22. The number of rotatable bonds is 2. The molecule has 0 amide bonds. The van der Waals surface area contributed by atoms with Crippen molar-refractivity contribution >= 4 is 5.57 Å². The number of hydrogen-bond acceptors (Lipinski definition) is 0. The Morgan fingerprint density at radius 1 is 1.23 bits per heavy atom. The fourth-order valence-electron chi connectivity index (χ4n) is 2.19. The quantitative estimate of drug-likeness (QED) is 0.636. The van der Waals surface area contributed by atoms with Crippen molar-refractivity contribution in [2.45, 2.75) is 33.1 Å². The first-order valence-corrected chi connectivity index (χ1v) is 5.10. The second kappa shape index (κ2) is 3.37. The Balaban J connectivity index is 2.41. The van der Waals surface area contributed by atoms with Crippen LogP contribution in [0.25, 0.3) is 5.57 Å². The normalized spacial score (nSPS) is 14.9. The van der Waals surface area contributed by atoms with Gasteiger partial charge in [0.2, 0.25) is 0 Å². The van der Waals surface area contributed by atoms with E-state index in [0.717, 1.165) is 0 Å². The van der Waals surface area contributed by atoms with Crippen LogP contribution in [-0.2, 0) is 6.42 Å². The van der Waals surface area contributed by atoms with Crippen molar-refractivity contribution < 1.29 is 0 Å². The maximum absolute atomic E-state index is 2.27. The van der Waals surface area contributed by atoms with E-state index < -0.39 is 0 Å². The molecule has 0 spiro atoms. The highest BCUT2D eigenvalue weighted by atomic mass is 14.2. The molecular weight excluding hydrogens is 156 g/mol. The lowest BCUT2D eigenvalue weighted by molar-refractivity contribution is 0.969. The molecule has 1 aromatic rings. The van der Waals surface area contributed by atoms with Crippen LogP contribution in [0.3, 0.4) is 0 Å². The summed E-state index contributed by atoms with van der Waals surface area (Å²) in [6.07, 6.45) is 3.66. The number of allylic oxidation sites excluding steroid dienone is 2. The van der Waals surface area contributed by atoms with Crippen LogP contribution in [0, 0.1) is 0 Å². The van der Waals surface area contributed by atoms with Crippen molar-refractivity contribution in [2.75, 3.05) is 0 Å². The topological polar surface area (TPSA) is 0 Å². The molecule has 0 heterocycles. The van der Waals surface area contributed by atoms with Gasteiger partial charge in [-0.3, -0.25) is 0 Å². The summed E-state index contributed by atoms with van der Waals surface area (Å²) in [6, 6.07) is 8.80. The lowest BCUT2D eigenvalue weighted by atomic mass is 10.0. The molecule has 0 saturated heterocycles. The van der Waals surface area contributed by atoms with E-state index in [0.29, 0.717) is 0 Å². The third-order valence-electron chi connectivity index (χ3n) is 2.81. The van der Waals surface area contributed by atoms with Gasteiger partial charge in [-0.05, 0) is 36.5 Å². The predicted molar refractivity (Wildman–Crippen MR) is 57.6 cm³/mol. The van der Waals surface area contributed by atoms with E-state index >= 15 is 0 Å². The molecule has 0 saturated carbocycles. The third-order valence-corrected chi connectivity index (χ3v) is 2.81. The van der Waals surface area contributed by atoms with Gasteiger partial charge in [0.05, 0.1) is 0 Å². The number of hydrogen-bond donors (Lipinski definition) is 0.